The molecule has 2 heterocycles. The Bertz CT molecular complexity index is 1100. The molecule has 1 aliphatic carbocycles. The zero-order chi connectivity index (χ0) is 25.7. The van der Waals surface area contributed by atoms with Crippen molar-refractivity contribution in [1.29, 1.82) is 0 Å². The number of nitrogens with one attached hydrogen (secondary N) is 1. The van der Waals surface area contributed by atoms with Crippen LogP contribution in [-0.4, -0.2) is 56.9 Å². The number of anilines is 1. The Hall–Kier alpha value is -3.33. The van der Waals surface area contributed by atoms with Crippen LogP contribution in [0.5, 0.6) is 11.5 Å². The van der Waals surface area contributed by atoms with Crippen LogP contribution in [0.25, 0.3) is 0 Å². The number of carbonyl (C=O) groups excluding carboxylic acids is 2. The lowest BCUT2D eigenvalue weighted by Crippen LogP contribution is -2.46. The smallest absolute Gasteiger partial charge is 0.251 e. The zero-order valence-corrected chi connectivity index (χ0v) is 21.3. The van der Waals surface area contributed by atoms with Gasteiger partial charge in [0, 0.05) is 24.4 Å². The van der Waals surface area contributed by atoms with Crippen molar-refractivity contribution in [2.45, 2.75) is 70.6 Å². The van der Waals surface area contributed by atoms with Gasteiger partial charge in [0.05, 0.1) is 25.8 Å². The van der Waals surface area contributed by atoms with E-state index in [4.69, 9.17) is 9.47 Å². The number of nitrogens with zero attached hydrogens (tertiary/aromatic N) is 3. The number of methoxy groups -OCH3 is 1. The average Bonchev–Trinajstić information content (AvgIpc) is 3.42. The summed E-state index contributed by atoms with van der Waals surface area (Å²) in [6, 6.07) is 8.25. The van der Waals surface area contributed by atoms with E-state index in [9.17, 15) is 14.7 Å². The maximum atomic E-state index is 13.5. The molecular formula is C27H36N4O5. The third kappa shape index (κ3) is 6.87. The molecule has 1 unspecified atom stereocenters. The predicted molar refractivity (Wildman–Crippen MR) is 136 cm³/mol. The Kier molecular flexibility index (Phi) is 7.98. The molecule has 36 heavy (non-hydrogen) atoms. The highest BCUT2D eigenvalue weighted by Gasteiger charge is 2.36. The lowest BCUT2D eigenvalue weighted by molar-refractivity contribution is -0.134. The fraction of sp³-hybridized carbons (Fsp3) is 0.519. The molecule has 194 valence electrons. The largest absolute Gasteiger partial charge is 0.497 e. The van der Waals surface area contributed by atoms with Crippen molar-refractivity contribution in [1.82, 2.24) is 14.7 Å². The number of aliphatic hydroxyl groups is 1. The molecule has 1 aliphatic heterocycles. The second kappa shape index (κ2) is 11.2. The van der Waals surface area contributed by atoms with Crippen molar-refractivity contribution < 1.29 is 24.2 Å². The number of aromatic nitrogens is 2. The van der Waals surface area contributed by atoms with Gasteiger partial charge in [0.2, 0.25) is 5.91 Å². The number of hydrogen-bond acceptors (Lipinski definition) is 6. The van der Waals surface area contributed by atoms with Crippen LogP contribution in [-0.2, 0) is 16.1 Å². The molecule has 0 radical (unpaired) electrons. The van der Waals surface area contributed by atoms with Crippen molar-refractivity contribution in [2.24, 2.45) is 5.92 Å². The summed E-state index contributed by atoms with van der Waals surface area (Å²) in [6.45, 7) is 3.91. The number of rotatable bonds is 10. The molecule has 0 bridgehead atoms. The monoisotopic (exact) mass is 496 g/mol. The summed E-state index contributed by atoms with van der Waals surface area (Å²) in [7, 11) is 1.58. The van der Waals surface area contributed by atoms with Gasteiger partial charge in [0.1, 0.15) is 23.3 Å². The van der Waals surface area contributed by atoms with E-state index in [0.717, 1.165) is 25.7 Å². The van der Waals surface area contributed by atoms with Gasteiger partial charge in [-0.25, -0.2) is 0 Å². The molecule has 1 fully saturated rings. The van der Waals surface area contributed by atoms with E-state index in [1.807, 2.05) is 12.1 Å². The van der Waals surface area contributed by atoms with Gasteiger partial charge in [-0.1, -0.05) is 38.2 Å². The molecule has 2 amide bonds. The molecule has 2 aromatic rings. The fourth-order valence-corrected chi connectivity index (χ4v) is 4.89. The molecule has 1 saturated carbocycles. The lowest BCUT2D eigenvalue weighted by Gasteiger charge is -2.31. The van der Waals surface area contributed by atoms with Gasteiger partial charge in [-0.3, -0.25) is 14.3 Å². The first-order valence-electron chi connectivity index (χ1n) is 12.6. The van der Waals surface area contributed by atoms with Crippen LogP contribution in [0, 0.1) is 5.92 Å². The summed E-state index contributed by atoms with van der Waals surface area (Å²) in [5.74, 6) is 2.00. The number of amides is 2. The van der Waals surface area contributed by atoms with Gasteiger partial charge >= 0.3 is 0 Å². The molecule has 0 spiro atoms. The lowest BCUT2D eigenvalue weighted by atomic mass is 9.84. The fourth-order valence-electron chi connectivity index (χ4n) is 4.89. The summed E-state index contributed by atoms with van der Waals surface area (Å²) in [4.78, 5) is 28.1. The topological polar surface area (TPSA) is 106 Å². The number of carbonyl (C=O) groups is 2. The minimum absolute atomic E-state index is 0.216. The van der Waals surface area contributed by atoms with Crippen LogP contribution in [0.3, 0.4) is 0 Å². The highest BCUT2D eigenvalue weighted by atomic mass is 16.5. The van der Waals surface area contributed by atoms with Crippen molar-refractivity contribution in [2.75, 3.05) is 19.0 Å². The van der Waals surface area contributed by atoms with E-state index in [-0.39, 0.29) is 18.4 Å². The minimum atomic E-state index is -0.927. The molecule has 9 heteroatoms. The van der Waals surface area contributed by atoms with E-state index < -0.39 is 11.6 Å². The van der Waals surface area contributed by atoms with E-state index >= 15 is 0 Å². The Labute approximate surface area is 212 Å². The molecule has 1 aromatic heterocycles. The van der Waals surface area contributed by atoms with Gasteiger partial charge in [-0.2, -0.15) is 5.10 Å². The molecule has 4 rings (SSSR count). The molecule has 9 nitrogen and oxygen atoms in total. The summed E-state index contributed by atoms with van der Waals surface area (Å²) in [5, 5.41) is 17.3. The number of hydrogen-bond donors (Lipinski definition) is 2. The Morgan fingerprint density at radius 1 is 1.22 bits per heavy atom. The Balaban J connectivity index is 1.47. The van der Waals surface area contributed by atoms with Gasteiger partial charge < -0.3 is 24.8 Å². The third-order valence-corrected chi connectivity index (χ3v) is 6.58. The SMILES string of the molecule is COc1cccc(OC2=CC(=O)N(C(CC3CCCCC3)C(=O)Nc3ccn(CC(C)(C)O)n3)C2)c1. The first kappa shape index (κ1) is 25.8. The van der Waals surface area contributed by atoms with E-state index in [2.05, 4.69) is 10.4 Å². The Morgan fingerprint density at radius 3 is 2.69 bits per heavy atom. The van der Waals surface area contributed by atoms with Crippen LogP contribution in [0.1, 0.15) is 52.4 Å². The number of ether oxygens (including phenoxy) is 2. The van der Waals surface area contributed by atoms with Crippen LogP contribution >= 0.6 is 0 Å². The third-order valence-electron chi connectivity index (χ3n) is 6.58. The molecule has 1 atom stereocenters. The van der Waals surface area contributed by atoms with Crippen molar-refractivity contribution in [3.8, 4) is 11.5 Å². The molecule has 1 aromatic carbocycles. The second-order valence-electron chi connectivity index (χ2n) is 10.3. The predicted octanol–water partition coefficient (Wildman–Crippen LogP) is 3.75. The van der Waals surface area contributed by atoms with Crippen molar-refractivity contribution >= 4 is 17.6 Å². The highest BCUT2D eigenvalue weighted by Crippen LogP contribution is 2.31. The first-order valence-corrected chi connectivity index (χ1v) is 12.6. The second-order valence-corrected chi connectivity index (χ2v) is 10.3. The quantitative estimate of drug-likeness (QED) is 0.519. The van der Waals surface area contributed by atoms with E-state index in [0.29, 0.717) is 42.0 Å². The van der Waals surface area contributed by atoms with Crippen LogP contribution in [0.4, 0.5) is 5.82 Å². The summed E-state index contributed by atoms with van der Waals surface area (Å²) < 4.78 is 12.8. The normalized spacial score (nSPS) is 17.6. The number of benzene rings is 1. The highest BCUT2D eigenvalue weighted by molar-refractivity contribution is 5.99. The standard InChI is InChI=1S/C27H36N4O5/c1-27(2,34)18-30-13-12-24(29-30)28-26(33)23(14-19-8-5-4-6-9-19)31-17-22(16-25(31)32)36-21-11-7-10-20(15-21)35-3/h7,10-13,15-16,19,23,34H,4-6,8-9,14,17-18H2,1-3H3,(H,28,29,33). The summed E-state index contributed by atoms with van der Waals surface area (Å²) in [5.41, 5.74) is -0.927. The molecule has 0 saturated heterocycles. The summed E-state index contributed by atoms with van der Waals surface area (Å²) in [6.07, 6.45) is 9.41. The molecular weight excluding hydrogens is 460 g/mol. The van der Waals surface area contributed by atoms with Crippen molar-refractivity contribution in [3.63, 3.8) is 0 Å². The van der Waals surface area contributed by atoms with Crippen LogP contribution in [0.2, 0.25) is 0 Å². The molecule has 2 N–H and O–H groups in total. The van der Waals surface area contributed by atoms with Crippen LogP contribution < -0.4 is 14.8 Å². The first-order chi connectivity index (χ1) is 17.2. The van der Waals surface area contributed by atoms with Gasteiger partial charge in [-0.05, 0) is 38.3 Å². The van der Waals surface area contributed by atoms with E-state index in [1.165, 1.54) is 12.5 Å². The summed E-state index contributed by atoms with van der Waals surface area (Å²) >= 11 is 0. The maximum absolute atomic E-state index is 13.5. The van der Waals surface area contributed by atoms with Gasteiger partial charge in [0.15, 0.2) is 5.82 Å². The molecule has 2 aliphatic rings. The van der Waals surface area contributed by atoms with Crippen LogP contribution in [0.15, 0.2) is 48.4 Å². The van der Waals surface area contributed by atoms with Crippen molar-refractivity contribution in [3.05, 3.63) is 48.4 Å². The maximum Gasteiger partial charge on any atom is 0.251 e. The Morgan fingerprint density at radius 2 is 1.97 bits per heavy atom. The zero-order valence-electron chi connectivity index (χ0n) is 21.3. The average molecular weight is 497 g/mol. The minimum Gasteiger partial charge on any atom is -0.497 e. The van der Waals surface area contributed by atoms with E-state index in [1.54, 1.807) is 54.9 Å². The van der Waals surface area contributed by atoms with Gasteiger partial charge in [0.25, 0.3) is 5.91 Å². The van der Waals surface area contributed by atoms with Gasteiger partial charge in [-0.15, -0.1) is 0 Å².